The molecule has 0 bridgehead atoms. The largest absolute Gasteiger partial charge is 0.446 e. The molecule has 0 amide bonds. The number of aromatic nitrogens is 2. The van der Waals surface area contributed by atoms with Gasteiger partial charge in [-0.25, -0.2) is 4.98 Å². The zero-order valence-corrected chi connectivity index (χ0v) is 9.98. The zero-order valence-electron chi connectivity index (χ0n) is 9.16. The Hall–Kier alpha value is -1.63. The van der Waals surface area contributed by atoms with Crippen molar-refractivity contribution in [3.63, 3.8) is 0 Å². The minimum Gasteiger partial charge on any atom is -0.377 e. The number of hydrogen-bond donors (Lipinski definition) is 2. The minimum absolute atomic E-state index is 0.129. The maximum absolute atomic E-state index is 12.4. The highest BCUT2D eigenvalue weighted by Gasteiger charge is 2.30. The molecule has 7 heteroatoms. The highest BCUT2D eigenvalue weighted by Crippen LogP contribution is 2.40. The number of para-hydroxylation sites is 1. The number of imidazole rings is 1. The van der Waals surface area contributed by atoms with E-state index in [4.69, 9.17) is 0 Å². The molecule has 0 aliphatic rings. The summed E-state index contributed by atoms with van der Waals surface area (Å²) in [6.07, 6.45) is 3.25. The van der Waals surface area contributed by atoms with Crippen molar-refractivity contribution < 1.29 is 13.2 Å². The van der Waals surface area contributed by atoms with Gasteiger partial charge in [0.2, 0.25) is 0 Å². The molecule has 18 heavy (non-hydrogen) atoms. The van der Waals surface area contributed by atoms with Crippen LogP contribution in [-0.2, 0) is 6.54 Å². The Kier molecular flexibility index (Phi) is 3.81. The van der Waals surface area contributed by atoms with Crippen LogP contribution >= 0.6 is 11.8 Å². The Morgan fingerprint density at radius 3 is 2.72 bits per heavy atom. The molecule has 3 nitrogen and oxygen atoms in total. The van der Waals surface area contributed by atoms with E-state index in [9.17, 15) is 13.2 Å². The first-order valence-electron chi connectivity index (χ1n) is 5.11. The maximum atomic E-state index is 12.4. The fourth-order valence-electron chi connectivity index (χ4n) is 1.40. The fourth-order valence-corrected chi connectivity index (χ4v) is 2.05. The van der Waals surface area contributed by atoms with Crippen molar-refractivity contribution in [2.75, 3.05) is 5.32 Å². The lowest BCUT2D eigenvalue weighted by molar-refractivity contribution is -0.0327. The molecule has 2 rings (SSSR count). The van der Waals surface area contributed by atoms with Crippen molar-refractivity contribution in [1.82, 2.24) is 9.97 Å². The lowest BCUT2D eigenvalue weighted by atomic mass is 10.3. The smallest absolute Gasteiger partial charge is 0.377 e. The molecule has 0 spiro atoms. The Labute approximate surface area is 106 Å². The Balaban J connectivity index is 2.07. The van der Waals surface area contributed by atoms with E-state index in [2.05, 4.69) is 15.3 Å². The maximum Gasteiger partial charge on any atom is 0.446 e. The second kappa shape index (κ2) is 5.34. The second-order valence-corrected chi connectivity index (χ2v) is 4.54. The number of H-pyrrole nitrogens is 1. The molecule has 96 valence electrons. The van der Waals surface area contributed by atoms with Crippen LogP contribution in [0.1, 0.15) is 5.82 Å². The average molecular weight is 273 g/mol. The molecular formula is C11H10F3N3S. The average Bonchev–Trinajstić information content (AvgIpc) is 2.79. The van der Waals surface area contributed by atoms with Crippen LogP contribution in [0.5, 0.6) is 0 Å². The summed E-state index contributed by atoms with van der Waals surface area (Å²) in [5, 5.41) is 2.92. The number of anilines is 1. The van der Waals surface area contributed by atoms with E-state index < -0.39 is 5.51 Å². The number of alkyl halides is 3. The molecule has 2 N–H and O–H groups in total. The van der Waals surface area contributed by atoms with Crippen molar-refractivity contribution in [3.8, 4) is 0 Å². The van der Waals surface area contributed by atoms with Crippen molar-refractivity contribution in [2.45, 2.75) is 16.9 Å². The Bertz CT molecular complexity index is 496. The summed E-state index contributed by atoms with van der Waals surface area (Å²) >= 11 is -0.129. The van der Waals surface area contributed by atoms with Gasteiger partial charge in [0.25, 0.3) is 0 Å². The Morgan fingerprint density at radius 1 is 1.28 bits per heavy atom. The predicted molar refractivity (Wildman–Crippen MR) is 64.3 cm³/mol. The van der Waals surface area contributed by atoms with Crippen LogP contribution in [-0.4, -0.2) is 15.5 Å². The first-order valence-corrected chi connectivity index (χ1v) is 5.93. The fraction of sp³-hybridized carbons (Fsp3) is 0.182. The highest BCUT2D eigenvalue weighted by molar-refractivity contribution is 8.00. The van der Waals surface area contributed by atoms with Gasteiger partial charge in [0.1, 0.15) is 5.82 Å². The molecule has 2 aromatic rings. The van der Waals surface area contributed by atoms with Gasteiger partial charge in [0, 0.05) is 23.0 Å². The Morgan fingerprint density at radius 2 is 2.06 bits per heavy atom. The van der Waals surface area contributed by atoms with Crippen molar-refractivity contribution >= 4 is 17.4 Å². The molecule has 0 atom stereocenters. The minimum atomic E-state index is -4.29. The number of benzene rings is 1. The van der Waals surface area contributed by atoms with E-state index in [1.807, 2.05) is 0 Å². The van der Waals surface area contributed by atoms with Crippen molar-refractivity contribution in [2.24, 2.45) is 0 Å². The first kappa shape index (κ1) is 12.8. The number of nitrogens with zero attached hydrogens (tertiary/aromatic N) is 1. The van der Waals surface area contributed by atoms with Gasteiger partial charge in [0.05, 0.1) is 6.54 Å². The summed E-state index contributed by atoms with van der Waals surface area (Å²) in [7, 11) is 0. The molecule has 0 radical (unpaired) electrons. The van der Waals surface area contributed by atoms with Gasteiger partial charge in [-0.15, -0.1) is 0 Å². The SMILES string of the molecule is FC(F)(F)Sc1ccccc1NCc1ncc[nH]1. The molecule has 1 aromatic carbocycles. The molecule has 0 aliphatic carbocycles. The predicted octanol–water partition coefficient (Wildman–Crippen LogP) is 3.63. The van der Waals surface area contributed by atoms with Gasteiger partial charge in [-0.3, -0.25) is 0 Å². The number of rotatable bonds is 4. The summed E-state index contributed by atoms with van der Waals surface area (Å²) in [4.78, 5) is 7.01. The summed E-state index contributed by atoms with van der Waals surface area (Å²) in [6.45, 7) is 0.350. The monoisotopic (exact) mass is 273 g/mol. The van der Waals surface area contributed by atoms with Crippen molar-refractivity contribution in [3.05, 3.63) is 42.5 Å². The molecule has 0 fully saturated rings. The van der Waals surface area contributed by atoms with E-state index >= 15 is 0 Å². The van der Waals surface area contributed by atoms with Crippen molar-refractivity contribution in [1.29, 1.82) is 0 Å². The van der Waals surface area contributed by atoms with Crippen LogP contribution < -0.4 is 5.32 Å². The van der Waals surface area contributed by atoms with Gasteiger partial charge in [-0.05, 0) is 23.9 Å². The molecule has 0 saturated carbocycles. The van der Waals surface area contributed by atoms with E-state index in [1.54, 1.807) is 30.6 Å². The van der Waals surface area contributed by atoms with E-state index in [0.29, 0.717) is 18.1 Å². The van der Waals surface area contributed by atoms with Gasteiger partial charge < -0.3 is 10.3 Å². The standard InChI is InChI=1S/C11H10F3N3S/c12-11(13,14)18-9-4-2-1-3-8(9)17-7-10-15-5-6-16-10/h1-6,17H,7H2,(H,15,16). The highest BCUT2D eigenvalue weighted by atomic mass is 32.2. The van der Waals surface area contributed by atoms with E-state index in [1.165, 1.54) is 6.07 Å². The van der Waals surface area contributed by atoms with Crippen LogP contribution in [0.4, 0.5) is 18.9 Å². The van der Waals surface area contributed by atoms with Gasteiger partial charge in [-0.1, -0.05) is 12.1 Å². The third-order valence-electron chi connectivity index (χ3n) is 2.11. The summed E-state index contributed by atoms with van der Waals surface area (Å²) < 4.78 is 37.1. The van der Waals surface area contributed by atoms with Crippen LogP contribution in [0.15, 0.2) is 41.6 Å². The molecule has 1 heterocycles. The van der Waals surface area contributed by atoms with E-state index in [0.717, 1.165) is 0 Å². The van der Waals surface area contributed by atoms with Crippen LogP contribution in [0.2, 0.25) is 0 Å². The number of thioether (sulfide) groups is 1. The van der Waals surface area contributed by atoms with Gasteiger partial charge in [0.15, 0.2) is 0 Å². The lowest BCUT2D eigenvalue weighted by Crippen LogP contribution is -2.05. The molecule has 0 aliphatic heterocycles. The van der Waals surface area contributed by atoms with Crippen LogP contribution in [0, 0.1) is 0 Å². The topological polar surface area (TPSA) is 40.7 Å². The molecule has 1 aromatic heterocycles. The summed E-state index contributed by atoms with van der Waals surface area (Å²) in [5.74, 6) is 0.668. The van der Waals surface area contributed by atoms with E-state index in [-0.39, 0.29) is 16.7 Å². The number of halogens is 3. The quantitative estimate of drug-likeness (QED) is 0.836. The van der Waals surface area contributed by atoms with Crippen LogP contribution in [0.25, 0.3) is 0 Å². The molecule has 0 unspecified atom stereocenters. The van der Waals surface area contributed by atoms with Crippen LogP contribution in [0.3, 0.4) is 0 Å². The third kappa shape index (κ3) is 3.69. The van der Waals surface area contributed by atoms with Gasteiger partial charge >= 0.3 is 5.51 Å². The summed E-state index contributed by atoms with van der Waals surface area (Å²) in [5.41, 5.74) is -3.85. The first-order chi connectivity index (χ1) is 8.54. The molecular weight excluding hydrogens is 263 g/mol. The number of hydrogen-bond acceptors (Lipinski definition) is 3. The van der Waals surface area contributed by atoms with Gasteiger partial charge in [-0.2, -0.15) is 13.2 Å². The number of nitrogens with one attached hydrogen (secondary N) is 2. The lowest BCUT2D eigenvalue weighted by Gasteiger charge is -2.12. The zero-order chi connectivity index (χ0) is 13.0. The summed E-state index contributed by atoms with van der Waals surface area (Å²) in [6, 6.07) is 6.30. The normalized spacial score (nSPS) is 11.5. The second-order valence-electron chi connectivity index (χ2n) is 3.43. The molecule has 0 saturated heterocycles. The number of aromatic amines is 1. The third-order valence-corrected chi connectivity index (χ3v) is 2.92.